The van der Waals surface area contributed by atoms with Crippen molar-refractivity contribution in [3.8, 4) is 17.3 Å². The highest BCUT2D eigenvalue weighted by Crippen LogP contribution is 2.28. The lowest BCUT2D eigenvalue weighted by molar-refractivity contribution is 0.0760. The van der Waals surface area contributed by atoms with Crippen molar-refractivity contribution < 1.29 is 18.8 Å². The molecule has 1 aliphatic rings. The molecule has 2 aromatic heterocycles. The molecule has 8 nitrogen and oxygen atoms in total. The second-order valence-electron chi connectivity index (χ2n) is 7.48. The molecule has 0 unspecified atom stereocenters. The Balaban J connectivity index is 1.64. The normalized spacial score (nSPS) is 13.6. The molecule has 0 saturated carbocycles. The van der Waals surface area contributed by atoms with Crippen LogP contribution in [-0.2, 0) is 17.6 Å². The minimum Gasteiger partial charge on any atom is -0.475 e. The maximum Gasteiger partial charge on any atom is 0.259 e. The standard InChI is InChI=1S/C23H26N4O4/c1-15-20(16(2)31-26-15)23(28)27-11-9-18-19(10-12-27)24-21(17-7-5-4-6-8-17)25-22(18)30-14-13-29-3/h4-8H,9-14H2,1-3H3. The molecule has 0 N–H and O–H groups in total. The van der Waals surface area contributed by atoms with E-state index in [0.717, 1.165) is 16.8 Å². The minimum atomic E-state index is -0.0675. The molecule has 0 atom stereocenters. The van der Waals surface area contributed by atoms with Crippen LogP contribution in [0, 0.1) is 13.8 Å². The number of amides is 1. The minimum absolute atomic E-state index is 0.0675. The summed E-state index contributed by atoms with van der Waals surface area (Å²) in [7, 11) is 1.64. The second kappa shape index (κ2) is 9.26. The molecule has 0 spiro atoms. The molecule has 4 rings (SSSR count). The molecule has 8 heteroatoms. The summed E-state index contributed by atoms with van der Waals surface area (Å²) in [6.45, 7) is 5.52. The predicted octanol–water partition coefficient (Wildman–Crippen LogP) is 3.01. The lowest BCUT2D eigenvalue weighted by Crippen LogP contribution is -2.33. The molecular formula is C23H26N4O4. The first-order valence-corrected chi connectivity index (χ1v) is 10.4. The number of carbonyl (C=O) groups is 1. The first kappa shape index (κ1) is 21.0. The molecule has 3 heterocycles. The van der Waals surface area contributed by atoms with Gasteiger partial charge in [0.25, 0.3) is 5.91 Å². The lowest BCUT2D eigenvalue weighted by Gasteiger charge is -2.19. The first-order chi connectivity index (χ1) is 15.1. The van der Waals surface area contributed by atoms with Gasteiger partial charge in [0.05, 0.1) is 18.0 Å². The molecular weight excluding hydrogens is 396 g/mol. The Labute approximate surface area is 181 Å². The van der Waals surface area contributed by atoms with E-state index in [2.05, 4.69) is 5.16 Å². The van der Waals surface area contributed by atoms with Crippen LogP contribution < -0.4 is 4.74 Å². The van der Waals surface area contributed by atoms with Gasteiger partial charge >= 0.3 is 0 Å². The number of ether oxygens (including phenoxy) is 2. The van der Waals surface area contributed by atoms with Gasteiger partial charge in [0.2, 0.25) is 5.88 Å². The Morgan fingerprint density at radius 1 is 1.10 bits per heavy atom. The van der Waals surface area contributed by atoms with Crippen LogP contribution in [0.15, 0.2) is 34.9 Å². The Morgan fingerprint density at radius 3 is 2.58 bits per heavy atom. The van der Waals surface area contributed by atoms with E-state index in [1.807, 2.05) is 35.2 Å². The molecule has 0 saturated heterocycles. The highest BCUT2D eigenvalue weighted by Gasteiger charge is 2.27. The number of methoxy groups -OCH3 is 1. The summed E-state index contributed by atoms with van der Waals surface area (Å²) in [5.74, 6) is 1.66. The summed E-state index contributed by atoms with van der Waals surface area (Å²) >= 11 is 0. The molecule has 0 radical (unpaired) electrons. The number of nitrogens with zero attached hydrogens (tertiary/aromatic N) is 4. The fourth-order valence-corrected chi connectivity index (χ4v) is 3.77. The molecule has 0 bridgehead atoms. The predicted molar refractivity (Wildman–Crippen MR) is 114 cm³/mol. The van der Waals surface area contributed by atoms with Crippen LogP contribution in [0.5, 0.6) is 5.88 Å². The van der Waals surface area contributed by atoms with Crippen molar-refractivity contribution in [2.45, 2.75) is 26.7 Å². The zero-order valence-electron chi connectivity index (χ0n) is 18.1. The van der Waals surface area contributed by atoms with Crippen molar-refractivity contribution in [1.82, 2.24) is 20.0 Å². The van der Waals surface area contributed by atoms with E-state index in [1.54, 1.807) is 21.0 Å². The Bertz CT molecular complexity index is 1050. The van der Waals surface area contributed by atoms with Crippen LogP contribution in [0.2, 0.25) is 0 Å². The van der Waals surface area contributed by atoms with Crippen LogP contribution in [-0.4, -0.2) is 59.3 Å². The molecule has 1 aromatic carbocycles. The van der Waals surface area contributed by atoms with Gasteiger partial charge in [0.15, 0.2) is 5.82 Å². The van der Waals surface area contributed by atoms with E-state index in [0.29, 0.717) is 67.9 Å². The van der Waals surface area contributed by atoms with Crippen LogP contribution in [0.1, 0.15) is 33.1 Å². The highest BCUT2D eigenvalue weighted by molar-refractivity contribution is 5.96. The fraction of sp³-hybridized carbons (Fsp3) is 0.391. The van der Waals surface area contributed by atoms with Crippen LogP contribution >= 0.6 is 0 Å². The fourth-order valence-electron chi connectivity index (χ4n) is 3.77. The molecule has 0 aliphatic carbocycles. The van der Waals surface area contributed by atoms with Crippen LogP contribution in [0.25, 0.3) is 11.4 Å². The largest absolute Gasteiger partial charge is 0.475 e. The van der Waals surface area contributed by atoms with Crippen molar-refractivity contribution in [1.29, 1.82) is 0 Å². The van der Waals surface area contributed by atoms with E-state index in [-0.39, 0.29) is 5.91 Å². The zero-order chi connectivity index (χ0) is 21.8. The average molecular weight is 422 g/mol. The Hall–Kier alpha value is -3.26. The molecule has 3 aromatic rings. The van der Waals surface area contributed by atoms with Crippen molar-refractivity contribution >= 4 is 5.91 Å². The smallest absolute Gasteiger partial charge is 0.259 e. The number of rotatable bonds is 6. The molecule has 31 heavy (non-hydrogen) atoms. The summed E-state index contributed by atoms with van der Waals surface area (Å²) in [6, 6.07) is 9.83. The Morgan fingerprint density at radius 2 is 1.87 bits per heavy atom. The third-order valence-corrected chi connectivity index (χ3v) is 5.40. The van der Waals surface area contributed by atoms with Gasteiger partial charge in [-0.25, -0.2) is 4.98 Å². The summed E-state index contributed by atoms with van der Waals surface area (Å²) in [4.78, 5) is 24.5. The van der Waals surface area contributed by atoms with Crippen molar-refractivity contribution in [2.24, 2.45) is 0 Å². The van der Waals surface area contributed by atoms with Gasteiger partial charge in [-0.15, -0.1) is 0 Å². The number of hydrogen-bond acceptors (Lipinski definition) is 7. The molecule has 1 amide bonds. The molecule has 1 aliphatic heterocycles. The molecule has 162 valence electrons. The van der Waals surface area contributed by atoms with Gasteiger partial charge in [0.1, 0.15) is 17.9 Å². The monoisotopic (exact) mass is 422 g/mol. The number of aryl methyl sites for hydroxylation is 2. The van der Waals surface area contributed by atoms with Crippen molar-refractivity contribution in [2.75, 3.05) is 33.4 Å². The van der Waals surface area contributed by atoms with E-state index in [4.69, 9.17) is 24.0 Å². The van der Waals surface area contributed by atoms with Gasteiger partial charge in [-0.2, -0.15) is 4.98 Å². The van der Waals surface area contributed by atoms with Crippen molar-refractivity contribution in [3.05, 3.63) is 58.6 Å². The van der Waals surface area contributed by atoms with E-state index in [9.17, 15) is 4.79 Å². The number of aromatic nitrogens is 3. The van der Waals surface area contributed by atoms with E-state index >= 15 is 0 Å². The zero-order valence-corrected chi connectivity index (χ0v) is 18.1. The first-order valence-electron chi connectivity index (χ1n) is 10.4. The number of fused-ring (bicyclic) bond motifs is 1. The van der Waals surface area contributed by atoms with Gasteiger partial charge in [0, 0.05) is 37.7 Å². The number of benzene rings is 1. The number of hydrogen-bond donors (Lipinski definition) is 0. The third kappa shape index (κ3) is 4.44. The summed E-state index contributed by atoms with van der Waals surface area (Å²) in [6.07, 6.45) is 1.23. The van der Waals surface area contributed by atoms with Gasteiger partial charge < -0.3 is 18.9 Å². The average Bonchev–Trinajstić information content (AvgIpc) is 2.98. The maximum absolute atomic E-state index is 13.1. The van der Waals surface area contributed by atoms with Gasteiger partial charge in [-0.1, -0.05) is 35.5 Å². The summed E-state index contributed by atoms with van der Waals surface area (Å²) < 4.78 is 16.3. The number of carbonyl (C=O) groups excluding carboxylic acids is 1. The SMILES string of the molecule is COCCOc1nc(-c2ccccc2)nc2c1CCN(C(=O)c1c(C)noc1C)CC2. The van der Waals surface area contributed by atoms with E-state index in [1.165, 1.54) is 0 Å². The lowest BCUT2D eigenvalue weighted by atomic mass is 10.1. The second-order valence-corrected chi connectivity index (χ2v) is 7.48. The topological polar surface area (TPSA) is 90.6 Å². The van der Waals surface area contributed by atoms with Crippen LogP contribution in [0.3, 0.4) is 0 Å². The van der Waals surface area contributed by atoms with Gasteiger partial charge in [-0.05, 0) is 20.3 Å². The van der Waals surface area contributed by atoms with Crippen LogP contribution in [0.4, 0.5) is 0 Å². The maximum atomic E-state index is 13.1. The Kier molecular flexibility index (Phi) is 6.27. The quantitative estimate of drug-likeness (QED) is 0.564. The summed E-state index contributed by atoms with van der Waals surface area (Å²) in [5, 5.41) is 3.92. The van der Waals surface area contributed by atoms with E-state index < -0.39 is 0 Å². The van der Waals surface area contributed by atoms with Crippen molar-refractivity contribution in [3.63, 3.8) is 0 Å². The summed E-state index contributed by atoms with van der Waals surface area (Å²) in [5.41, 5.74) is 3.94. The molecule has 0 fully saturated rings. The highest BCUT2D eigenvalue weighted by atomic mass is 16.5. The van der Waals surface area contributed by atoms with Gasteiger partial charge in [-0.3, -0.25) is 4.79 Å². The third-order valence-electron chi connectivity index (χ3n) is 5.40.